The Balaban J connectivity index is 1.90. The molecule has 3 nitrogen and oxygen atoms in total. The zero-order chi connectivity index (χ0) is 14.7. The van der Waals surface area contributed by atoms with Crippen LogP contribution < -0.4 is 0 Å². The largest absolute Gasteiger partial charge is 0.300 e. The molecule has 0 bridgehead atoms. The third kappa shape index (κ3) is 3.47. The van der Waals surface area contributed by atoms with Crippen LogP contribution in [0.2, 0.25) is 0 Å². The minimum absolute atomic E-state index is 0.266. The number of carbonyl (C=O) groups is 1. The van der Waals surface area contributed by atoms with Crippen LogP contribution in [0.5, 0.6) is 0 Å². The molecule has 0 amide bonds. The number of benzene rings is 1. The first-order valence-electron chi connectivity index (χ1n) is 7.52. The summed E-state index contributed by atoms with van der Waals surface area (Å²) in [5.74, 6) is 0.266. The quantitative estimate of drug-likeness (QED) is 0.789. The molecule has 1 aromatic rings. The van der Waals surface area contributed by atoms with Crippen LogP contribution in [0.25, 0.3) is 0 Å². The van der Waals surface area contributed by atoms with Crippen molar-refractivity contribution in [2.75, 3.05) is 26.7 Å². The third-order valence-corrected chi connectivity index (χ3v) is 4.54. The van der Waals surface area contributed by atoms with Gasteiger partial charge in [-0.05, 0) is 33.4 Å². The number of ketones is 1. The molecule has 1 aliphatic rings. The van der Waals surface area contributed by atoms with E-state index in [9.17, 15) is 4.79 Å². The molecule has 0 spiro atoms. The van der Waals surface area contributed by atoms with Gasteiger partial charge >= 0.3 is 0 Å². The highest BCUT2D eigenvalue weighted by Gasteiger charge is 2.26. The molecular formula is C17H26N2O. The second-order valence-electron chi connectivity index (χ2n) is 6.11. The summed E-state index contributed by atoms with van der Waals surface area (Å²) in [5.41, 5.74) is 1.96. The zero-order valence-electron chi connectivity index (χ0n) is 13.1. The molecule has 2 atom stereocenters. The van der Waals surface area contributed by atoms with Gasteiger partial charge < -0.3 is 0 Å². The molecule has 20 heavy (non-hydrogen) atoms. The van der Waals surface area contributed by atoms with Crippen molar-refractivity contribution >= 4 is 5.78 Å². The van der Waals surface area contributed by atoms with Crippen molar-refractivity contribution < 1.29 is 4.79 Å². The lowest BCUT2D eigenvalue weighted by Crippen LogP contribution is -2.55. The Morgan fingerprint density at radius 2 is 1.80 bits per heavy atom. The van der Waals surface area contributed by atoms with Crippen molar-refractivity contribution in [3.63, 3.8) is 0 Å². The van der Waals surface area contributed by atoms with Crippen LogP contribution in [-0.2, 0) is 0 Å². The average molecular weight is 274 g/mol. The van der Waals surface area contributed by atoms with Gasteiger partial charge in [0.2, 0.25) is 0 Å². The smallest absolute Gasteiger partial charge is 0.164 e. The first-order valence-corrected chi connectivity index (χ1v) is 7.52. The predicted molar refractivity (Wildman–Crippen MR) is 83.3 cm³/mol. The van der Waals surface area contributed by atoms with Crippen molar-refractivity contribution in [1.29, 1.82) is 0 Å². The Labute approximate surface area is 122 Å². The molecule has 0 aliphatic carbocycles. The lowest BCUT2D eigenvalue weighted by molar-refractivity contribution is 0.0575. The van der Waals surface area contributed by atoms with E-state index in [1.807, 2.05) is 31.2 Å². The van der Waals surface area contributed by atoms with E-state index in [0.29, 0.717) is 18.5 Å². The molecule has 1 saturated heterocycles. The number of carbonyl (C=O) groups excluding carboxylic acids is 1. The van der Waals surface area contributed by atoms with Crippen LogP contribution in [0.15, 0.2) is 24.3 Å². The first kappa shape index (κ1) is 15.2. The Morgan fingerprint density at radius 1 is 1.20 bits per heavy atom. The highest BCUT2D eigenvalue weighted by atomic mass is 16.1. The van der Waals surface area contributed by atoms with E-state index in [1.165, 1.54) is 0 Å². The van der Waals surface area contributed by atoms with Gasteiger partial charge in [0.05, 0.1) is 0 Å². The lowest BCUT2D eigenvalue weighted by atomic mass is 10.0. The molecule has 2 rings (SSSR count). The summed E-state index contributed by atoms with van der Waals surface area (Å²) in [7, 11) is 2.19. The van der Waals surface area contributed by atoms with Gasteiger partial charge in [-0.3, -0.25) is 14.6 Å². The molecular weight excluding hydrogens is 248 g/mol. The van der Waals surface area contributed by atoms with Gasteiger partial charge in [0.1, 0.15) is 0 Å². The first-order chi connectivity index (χ1) is 9.49. The number of likely N-dealkylation sites (N-methyl/N-ethyl adjacent to an activating group) is 1. The van der Waals surface area contributed by atoms with E-state index in [-0.39, 0.29) is 5.78 Å². The molecule has 1 aliphatic heterocycles. The second kappa shape index (κ2) is 6.51. The Morgan fingerprint density at radius 3 is 2.40 bits per heavy atom. The van der Waals surface area contributed by atoms with E-state index in [0.717, 1.165) is 30.8 Å². The van der Waals surface area contributed by atoms with Gasteiger partial charge in [-0.25, -0.2) is 0 Å². The highest BCUT2D eigenvalue weighted by Crippen LogP contribution is 2.15. The van der Waals surface area contributed by atoms with Crippen molar-refractivity contribution in [2.45, 2.75) is 39.3 Å². The molecule has 0 saturated carbocycles. The summed E-state index contributed by atoms with van der Waals surface area (Å²) in [6.45, 7) is 9.50. The Kier molecular flexibility index (Phi) is 4.95. The van der Waals surface area contributed by atoms with Crippen molar-refractivity contribution in [2.24, 2.45) is 0 Å². The number of rotatable bonds is 4. The summed E-state index contributed by atoms with van der Waals surface area (Å²) < 4.78 is 0. The van der Waals surface area contributed by atoms with Gasteiger partial charge in [-0.2, -0.15) is 0 Å². The monoisotopic (exact) mass is 274 g/mol. The van der Waals surface area contributed by atoms with Crippen LogP contribution in [0.1, 0.15) is 36.2 Å². The van der Waals surface area contributed by atoms with Gasteiger partial charge in [-0.1, -0.05) is 24.3 Å². The van der Waals surface area contributed by atoms with Crippen molar-refractivity contribution in [3.8, 4) is 0 Å². The minimum atomic E-state index is 0.266. The standard InChI is InChI=1S/C17H26N2O/c1-13-7-5-6-8-16(13)17(20)9-10-19-11-14(2)18(4)15(3)12-19/h5-8,14-15H,9-12H2,1-4H3. The molecule has 2 unspecified atom stereocenters. The SMILES string of the molecule is Cc1ccccc1C(=O)CCN1CC(C)N(C)C(C)C1. The molecule has 0 aromatic heterocycles. The fraction of sp³-hybridized carbons (Fsp3) is 0.588. The maximum atomic E-state index is 12.3. The van der Waals surface area contributed by atoms with Gasteiger partial charge in [0.15, 0.2) is 5.78 Å². The van der Waals surface area contributed by atoms with Crippen molar-refractivity contribution in [1.82, 2.24) is 9.80 Å². The fourth-order valence-electron chi connectivity index (χ4n) is 2.98. The molecule has 1 heterocycles. The minimum Gasteiger partial charge on any atom is -0.300 e. The number of hydrogen-bond donors (Lipinski definition) is 0. The van der Waals surface area contributed by atoms with Crippen LogP contribution in [-0.4, -0.2) is 54.3 Å². The number of nitrogens with zero attached hydrogens (tertiary/aromatic N) is 2. The van der Waals surface area contributed by atoms with Crippen LogP contribution in [0.4, 0.5) is 0 Å². The summed E-state index contributed by atoms with van der Waals surface area (Å²) >= 11 is 0. The molecule has 0 N–H and O–H groups in total. The molecule has 3 heteroatoms. The maximum absolute atomic E-state index is 12.3. The summed E-state index contributed by atoms with van der Waals surface area (Å²) in [6.07, 6.45) is 0.619. The summed E-state index contributed by atoms with van der Waals surface area (Å²) in [4.78, 5) is 17.1. The predicted octanol–water partition coefficient (Wildman–Crippen LogP) is 2.59. The zero-order valence-corrected chi connectivity index (χ0v) is 13.1. The summed E-state index contributed by atoms with van der Waals surface area (Å²) in [5, 5.41) is 0. The average Bonchev–Trinajstić information content (AvgIpc) is 2.42. The van der Waals surface area contributed by atoms with Crippen LogP contribution in [0, 0.1) is 6.92 Å². The van der Waals surface area contributed by atoms with Gasteiger partial charge in [0, 0.05) is 43.7 Å². The highest BCUT2D eigenvalue weighted by molar-refractivity contribution is 5.97. The van der Waals surface area contributed by atoms with Crippen molar-refractivity contribution in [3.05, 3.63) is 35.4 Å². The number of aryl methyl sites for hydroxylation is 1. The van der Waals surface area contributed by atoms with E-state index in [1.54, 1.807) is 0 Å². The number of hydrogen-bond acceptors (Lipinski definition) is 3. The van der Waals surface area contributed by atoms with Crippen LogP contribution in [0.3, 0.4) is 0 Å². The maximum Gasteiger partial charge on any atom is 0.164 e. The number of Topliss-reactive ketones (excluding diaryl/α,β-unsaturated/α-hetero) is 1. The van der Waals surface area contributed by atoms with E-state index < -0.39 is 0 Å². The molecule has 1 fully saturated rings. The Bertz CT molecular complexity index is 460. The number of piperazine rings is 1. The normalized spacial score (nSPS) is 24.8. The van der Waals surface area contributed by atoms with E-state index in [2.05, 4.69) is 30.7 Å². The molecule has 110 valence electrons. The topological polar surface area (TPSA) is 23.6 Å². The third-order valence-electron chi connectivity index (χ3n) is 4.54. The van der Waals surface area contributed by atoms with E-state index >= 15 is 0 Å². The molecule has 0 radical (unpaired) electrons. The van der Waals surface area contributed by atoms with E-state index in [4.69, 9.17) is 0 Å². The van der Waals surface area contributed by atoms with Gasteiger partial charge in [-0.15, -0.1) is 0 Å². The molecule has 1 aromatic carbocycles. The van der Waals surface area contributed by atoms with Gasteiger partial charge in [0.25, 0.3) is 0 Å². The second-order valence-corrected chi connectivity index (χ2v) is 6.11. The summed E-state index contributed by atoms with van der Waals surface area (Å²) in [6, 6.07) is 9.00. The lowest BCUT2D eigenvalue weighted by Gasteiger charge is -2.42. The Hall–Kier alpha value is -1.19. The van der Waals surface area contributed by atoms with Crippen LogP contribution >= 0.6 is 0 Å². The fourth-order valence-corrected chi connectivity index (χ4v) is 2.98.